The summed E-state index contributed by atoms with van der Waals surface area (Å²) in [5.41, 5.74) is 0. The normalized spacial score (nSPS) is 25.2. The zero-order valence-corrected chi connectivity index (χ0v) is 7.45. The molecule has 0 amide bonds. The van der Waals surface area contributed by atoms with E-state index < -0.39 is 0 Å². The minimum absolute atomic E-state index is 0.506. The smallest absolute Gasteiger partial charge is 0.293 e. The Morgan fingerprint density at radius 2 is 2.58 bits per heavy atom. The van der Waals surface area contributed by atoms with Gasteiger partial charge in [-0.1, -0.05) is 0 Å². The second-order valence-electron chi connectivity index (χ2n) is 3.12. The number of piperazine rings is 1. The summed E-state index contributed by atoms with van der Waals surface area (Å²) in [6, 6.07) is 0.551. The number of carbonyl (C=O) groups is 1. The number of rotatable bonds is 4. The van der Waals surface area contributed by atoms with Crippen LogP contribution in [0.2, 0.25) is 0 Å². The molecule has 0 spiro atoms. The van der Waals surface area contributed by atoms with Gasteiger partial charge in [0.2, 0.25) is 0 Å². The molecule has 0 radical (unpaired) electrons. The molecule has 1 N–H and O–H groups in total. The Balaban J connectivity index is 2.09. The molecular formula is C8H16N2O2. The van der Waals surface area contributed by atoms with Crippen molar-refractivity contribution in [3.8, 4) is 0 Å². The van der Waals surface area contributed by atoms with Crippen molar-refractivity contribution in [2.75, 3.05) is 32.8 Å². The van der Waals surface area contributed by atoms with Crippen LogP contribution in [-0.2, 0) is 9.53 Å². The summed E-state index contributed by atoms with van der Waals surface area (Å²) in [7, 11) is 0. The Morgan fingerprint density at radius 3 is 3.25 bits per heavy atom. The van der Waals surface area contributed by atoms with Gasteiger partial charge in [0.25, 0.3) is 6.47 Å². The molecule has 0 aromatic carbocycles. The third-order valence-electron chi connectivity index (χ3n) is 2.05. The van der Waals surface area contributed by atoms with Crippen LogP contribution in [0, 0.1) is 0 Å². The van der Waals surface area contributed by atoms with Crippen LogP contribution < -0.4 is 5.32 Å². The van der Waals surface area contributed by atoms with Crippen LogP contribution in [0.3, 0.4) is 0 Å². The van der Waals surface area contributed by atoms with Crippen molar-refractivity contribution in [2.24, 2.45) is 0 Å². The van der Waals surface area contributed by atoms with E-state index in [1.54, 1.807) is 0 Å². The molecule has 0 unspecified atom stereocenters. The van der Waals surface area contributed by atoms with Crippen LogP contribution in [0.1, 0.15) is 6.92 Å². The lowest BCUT2D eigenvalue weighted by Gasteiger charge is -2.31. The van der Waals surface area contributed by atoms with Gasteiger partial charge in [0.05, 0.1) is 0 Å². The van der Waals surface area contributed by atoms with E-state index in [0.717, 1.165) is 26.2 Å². The van der Waals surface area contributed by atoms with E-state index in [0.29, 0.717) is 19.1 Å². The number of ether oxygens (including phenoxy) is 1. The molecule has 1 atom stereocenters. The highest BCUT2D eigenvalue weighted by molar-refractivity contribution is 5.36. The summed E-state index contributed by atoms with van der Waals surface area (Å²) in [6.07, 6.45) is 0. The Bertz CT molecular complexity index is 141. The quantitative estimate of drug-likeness (QED) is 0.456. The average molecular weight is 172 g/mol. The fourth-order valence-corrected chi connectivity index (χ4v) is 1.45. The van der Waals surface area contributed by atoms with E-state index in [2.05, 4.69) is 21.9 Å². The van der Waals surface area contributed by atoms with Crippen molar-refractivity contribution >= 4 is 6.47 Å². The highest BCUT2D eigenvalue weighted by Gasteiger charge is 2.14. The van der Waals surface area contributed by atoms with Gasteiger partial charge in [-0.3, -0.25) is 9.69 Å². The molecular weight excluding hydrogens is 156 g/mol. The lowest BCUT2D eigenvalue weighted by molar-refractivity contribution is -0.129. The molecule has 0 aliphatic carbocycles. The van der Waals surface area contributed by atoms with E-state index in [1.165, 1.54) is 0 Å². The third kappa shape index (κ3) is 3.19. The Labute approximate surface area is 72.9 Å². The predicted octanol–water partition coefficient (Wildman–Crippen LogP) is -0.547. The second kappa shape index (κ2) is 5.11. The van der Waals surface area contributed by atoms with Crippen molar-refractivity contribution in [1.82, 2.24) is 10.2 Å². The summed E-state index contributed by atoms with van der Waals surface area (Å²) < 4.78 is 4.63. The zero-order valence-electron chi connectivity index (χ0n) is 7.45. The number of hydrogen-bond donors (Lipinski definition) is 1. The van der Waals surface area contributed by atoms with Crippen LogP contribution in [0.5, 0.6) is 0 Å². The van der Waals surface area contributed by atoms with Gasteiger partial charge in [0.15, 0.2) is 0 Å². The van der Waals surface area contributed by atoms with Crippen LogP contribution >= 0.6 is 0 Å². The minimum Gasteiger partial charge on any atom is -0.467 e. The molecule has 1 rings (SSSR count). The van der Waals surface area contributed by atoms with E-state index in [1.807, 2.05) is 0 Å². The van der Waals surface area contributed by atoms with Gasteiger partial charge in [0.1, 0.15) is 6.61 Å². The monoisotopic (exact) mass is 172 g/mol. The molecule has 1 saturated heterocycles. The number of carbonyl (C=O) groups excluding carboxylic acids is 1. The predicted molar refractivity (Wildman–Crippen MR) is 45.9 cm³/mol. The molecule has 0 bridgehead atoms. The van der Waals surface area contributed by atoms with Crippen molar-refractivity contribution in [3.05, 3.63) is 0 Å². The van der Waals surface area contributed by atoms with Gasteiger partial charge < -0.3 is 10.1 Å². The minimum atomic E-state index is 0.506. The van der Waals surface area contributed by atoms with Crippen LogP contribution in [0.4, 0.5) is 0 Å². The highest BCUT2D eigenvalue weighted by Crippen LogP contribution is 1.97. The fourth-order valence-electron chi connectivity index (χ4n) is 1.45. The first-order valence-corrected chi connectivity index (χ1v) is 4.34. The zero-order chi connectivity index (χ0) is 8.81. The molecule has 70 valence electrons. The first kappa shape index (κ1) is 9.48. The fraction of sp³-hybridized carbons (Fsp3) is 0.875. The number of hydrogen-bond acceptors (Lipinski definition) is 4. The maximum Gasteiger partial charge on any atom is 0.293 e. The largest absolute Gasteiger partial charge is 0.467 e. The summed E-state index contributed by atoms with van der Waals surface area (Å²) in [4.78, 5) is 12.2. The number of nitrogens with zero attached hydrogens (tertiary/aromatic N) is 1. The molecule has 1 fully saturated rings. The van der Waals surface area contributed by atoms with Crippen molar-refractivity contribution in [3.63, 3.8) is 0 Å². The van der Waals surface area contributed by atoms with Gasteiger partial charge in [-0.25, -0.2) is 0 Å². The molecule has 4 nitrogen and oxygen atoms in total. The average Bonchev–Trinajstić information content (AvgIpc) is 2.05. The van der Waals surface area contributed by atoms with Crippen molar-refractivity contribution in [1.29, 1.82) is 0 Å². The lowest BCUT2D eigenvalue weighted by atomic mass is 10.2. The van der Waals surface area contributed by atoms with Crippen LogP contribution in [0.25, 0.3) is 0 Å². The van der Waals surface area contributed by atoms with E-state index in [4.69, 9.17) is 0 Å². The van der Waals surface area contributed by atoms with E-state index in [-0.39, 0.29) is 0 Å². The molecule has 0 aromatic heterocycles. The molecule has 1 aliphatic heterocycles. The molecule has 12 heavy (non-hydrogen) atoms. The topological polar surface area (TPSA) is 41.6 Å². The summed E-state index contributed by atoms with van der Waals surface area (Å²) in [5.74, 6) is 0. The first-order chi connectivity index (χ1) is 5.83. The third-order valence-corrected chi connectivity index (χ3v) is 2.05. The van der Waals surface area contributed by atoms with Gasteiger partial charge >= 0.3 is 0 Å². The summed E-state index contributed by atoms with van der Waals surface area (Å²) in [6.45, 7) is 7.15. The van der Waals surface area contributed by atoms with Crippen molar-refractivity contribution < 1.29 is 9.53 Å². The number of nitrogens with one attached hydrogen (secondary N) is 1. The van der Waals surface area contributed by atoms with Crippen LogP contribution in [-0.4, -0.2) is 50.2 Å². The van der Waals surface area contributed by atoms with Crippen LogP contribution in [0.15, 0.2) is 0 Å². The van der Waals surface area contributed by atoms with Gasteiger partial charge in [0, 0.05) is 32.2 Å². The highest BCUT2D eigenvalue weighted by atomic mass is 16.5. The van der Waals surface area contributed by atoms with Gasteiger partial charge in [-0.05, 0) is 6.92 Å². The van der Waals surface area contributed by atoms with Crippen molar-refractivity contribution in [2.45, 2.75) is 13.0 Å². The molecule has 1 aliphatic rings. The van der Waals surface area contributed by atoms with E-state index >= 15 is 0 Å². The molecule has 1 heterocycles. The Hall–Kier alpha value is -0.610. The molecule has 4 heteroatoms. The first-order valence-electron chi connectivity index (χ1n) is 4.34. The standard InChI is InChI=1S/C8H16N2O2/c1-8-6-10(3-2-9-8)4-5-12-7-11/h7-9H,2-6H2,1H3/t8-/m0/s1. The lowest BCUT2D eigenvalue weighted by Crippen LogP contribution is -2.49. The summed E-state index contributed by atoms with van der Waals surface area (Å²) >= 11 is 0. The Morgan fingerprint density at radius 1 is 1.75 bits per heavy atom. The Kier molecular flexibility index (Phi) is 4.04. The summed E-state index contributed by atoms with van der Waals surface area (Å²) in [5, 5.41) is 3.35. The maximum atomic E-state index is 9.86. The molecule has 0 saturated carbocycles. The maximum absolute atomic E-state index is 9.86. The SMILES string of the molecule is C[C@H]1CN(CCOC=O)CCN1. The van der Waals surface area contributed by atoms with Gasteiger partial charge in [-0.2, -0.15) is 0 Å². The second-order valence-corrected chi connectivity index (χ2v) is 3.12. The molecule has 0 aromatic rings. The van der Waals surface area contributed by atoms with Gasteiger partial charge in [-0.15, -0.1) is 0 Å². The van der Waals surface area contributed by atoms with E-state index in [9.17, 15) is 4.79 Å².